The smallest absolute Gasteiger partial charge is 0.201 e. The second-order valence-electron chi connectivity index (χ2n) is 8.46. The van der Waals surface area contributed by atoms with Gasteiger partial charge in [-0.2, -0.15) is 0 Å². The molecule has 0 bridgehead atoms. The third kappa shape index (κ3) is 2.34. The van der Waals surface area contributed by atoms with Crippen molar-refractivity contribution in [1.82, 2.24) is 0 Å². The van der Waals surface area contributed by atoms with Crippen molar-refractivity contribution in [1.29, 1.82) is 0 Å². The van der Waals surface area contributed by atoms with Crippen LogP contribution in [0.3, 0.4) is 0 Å². The van der Waals surface area contributed by atoms with Gasteiger partial charge in [-0.15, -0.1) is 0 Å². The van der Waals surface area contributed by atoms with Crippen LogP contribution in [-0.2, 0) is 12.5 Å². The Morgan fingerprint density at radius 2 is 1.62 bits per heavy atom. The minimum Gasteiger partial charge on any atom is -0.201 e. The molecule has 1 nitrogen and oxygen atoms in total. The van der Waals surface area contributed by atoms with Crippen molar-refractivity contribution in [2.45, 2.75) is 46.0 Å². The number of hydrogen-bond acceptors (Lipinski definition) is 0. The van der Waals surface area contributed by atoms with Gasteiger partial charge < -0.3 is 0 Å². The van der Waals surface area contributed by atoms with E-state index in [-0.39, 0.29) is 5.41 Å². The molecule has 26 heavy (non-hydrogen) atoms. The summed E-state index contributed by atoms with van der Waals surface area (Å²) in [6.07, 6.45) is 2.14. The summed E-state index contributed by atoms with van der Waals surface area (Å²) in [5, 5.41) is 0. The lowest BCUT2D eigenvalue weighted by molar-refractivity contribution is -0.660. The first kappa shape index (κ1) is 17.0. The van der Waals surface area contributed by atoms with Crippen LogP contribution in [0, 0.1) is 6.92 Å². The molecular weight excluding hydrogens is 314 g/mol. The highest BCUT2D eigenvalue weighted by Crippen LogP contribution is 2.53. The van der Waals surface area contributed by atoms with E-state index in [9.17, 15) is 0 Å². The molecule has 4 rings (SSSR count). The lowest BCUT2D eigenvalue weighted by Crippen LogP contribution is -2.30. The Bertz CT molecular complexity index is 1010. The zero-order valence-electron chi connectivity index (χ0n) is 16.7. The Kier molecular flexibility index (Phi) is 3.80. The molecule has 1 heteroatoms. The fourth-order valence-corrected chi connectivity index (χ4v) is 4.44. The average molecular weight is 343 g/mol. The van der Waals surface area contributed by atoms with Crippen molar-refractivity contribution in [3.05, 3.63) is 77.0 Å². The maximum Gasteiger partial charge on any atom is 0.213 e. The quantitative estimate of drug-likeness (QED) is 0.509. The van der Waals surface area contributed by atoms with Crippen LogP contribution in [0.5, 0.6) is 0 Å². The molecule has 0 spiro atoms. The summed E-state index contributed by atoms with van der Waals surface area (Å²) in [6.45, 7) is 11.5. The molecule has 2 aromatic carbocycles. The summed E-state index contributed by atoms with van der Waals surface area (Å²) >= 11 is 0. The van der Waals surface area contributed by atoms with Crippen molar-refractivity contribution in [2.75, 3.05) is 0 Å². The monoisotopic (exact) mass is 342 g/mol. The van der Waals surface area contributed by atoms with Crippen molar-refractivity contribution < 1.29 is 4.57 Å². The lowest BCUT2D eigenvalue weighted by atomic mass is 9.81. The zero-order chi connectivity index (χ0) is 18.6. The first-order chi connectivity index (χ1) is 12.3. The summed E-state index contributed by atoms with van der Waals surface area (Å²) in [7, 11) is 2.14. The first-order valence-corrected chi connectivity index (χ1v) is 9.56. The second kappa shape index (κ2) is 5.81. The Hall–Kier alpha value is -2.41. The fourth-order valence-electron chi connectivity index (χ4n) is 4.44. The van der Waals surface area contributed by atoms with Gasteiger partial charge in [0.05, 0.1) is 5.56 Å². The van der Waals surface area contributed by atoms with E-state index < -0.39 is 0 Å². The Morgan fingerprint density at radius 3 is 2.31 bits per heavy atom. The standard InChI is InChI=1S/C25H28N/c1-16(2)18-11-13-20-19(15-18)24-21(25(20,4)5)12-10-17(3)23(24)22-9-7-8-14-26(22)6/h7-16H,1-6H3/q+1. The van der Waals surface area contributed by atoms with Gasteiger partial charge in [0.1, 0.15) is 7.05 Å². The molecule has 0 unspecified atom stereocenters. The van der Waals surface area contributed by atoms with Crippen LogP contribution >= 0.6 is 0 Å². The molecule has 0 aliphatic heterocycles. The van der Waals surface area contributed by atoms with Crippen LogP contribution in [0.25, 0.3) is 22.4 Å². The van der Waals surface area contributed by atoms with Gasteiger partial charge in [-0.1, -0.05) is 58.0 Å². The number of aryl methyl sites for hydroxylation is 2. The molecule has 0 atom stereocenters. The molecule has 1 aromatic heterocycles. The van der Waals surface area contributed by atoms with Gasteiger partial charge in [-0.05, 0) is 46.7 Å². The first-order valence-electron chi connectivity index (χ1n) is 9.56. The predicted octanol–water partition coefficient (Wildman–Crippen LogP) is 5.92. The molecule has 0 amide bonds. The van der Waals surface area contributed by atoms with Crippen LogP contribution in [0.15, 0.2) is 54.7 Å². The molecule has 132 valence electrons. The van der Waals surface area contributed by atoms with Crippen molar-refractivity contribution in [3.8, 4) is 22.4 Å². The number of pyridine rings is 1. The number of nitrogens with zero attached hydrogens (tertiary/aromatic N) is 1. The summed E-state index contributed by atoms with van der Waals surface area (Å²) in [5.74, 6) is 0.536. The molecule has 1 aliphatic carbocycles. The molecule has 1 heterocycles. The molecule has 0 saturated heterocycles. The van der Waals surface area contributed by atoms with E-state index in [1.807, 2.05) is 0 Å². The van der Waals surface area contributed by atoms with Crippen molar-refractivity contribution in [2.24, 2.45) is 7.05 Å². The Balaban J connectivity index is 2.11. The molecule has 0 N–H and O–H groups in total. The van der Waals surface area contributed by atoms with Crippen LogP contribution in [0.4, 0.5) is 0 Å². The van der Waals surface area contributed by atoms with E-state index in [4.69, 9.17) is 0 Å². The number of hydrogen-bond donors (Lipinski definition) is 0. The van der Waals surface area contributed by atoms with E-state index in [0.717, 1.165) is 0 Å². The highest BCUT2D eigenvalue weighted by atomic mass is 14.9. The molecule has 0 fully saturated rings. The van der Waals surface area contributed by atoms with Gasteiger partial charge in [0, 0.05) is 23.1 Å². The largest absolute Gasteiger partial charge is 0.213 e. The van der Waals surface area contributed by atoms with E-state index in [1.165, 1.54) is 44.6 Å². The number of rotatable bonds is 2. The topological polar surface area (TPSA) is 3.88 Å². The van der Waals surface area contributed by atoms with Crippen molar-refractivity contribution >= 4 is 0 Å². The van der Waals surface area contributed by atoms with E-state index in [2.05, 4.69) is 101 Å². The van der Waals surface area contributed by atoms with Crippen LogP contribution in [0.1, 0.15) is 55.9 Å². The SMILES string of the molecule is Cc1ccc2c(c1-c1cccc[n+]1C)-c1cc(C(C)C)ccc1C2(C)C. The minimum absolute atomic E-state index is 0.0377. The molecule has 0 radical (unpaired) electrons. The molecule has 0 saturated carbocycles. The lowest BCUT2D eigenvalue weighted by Gasteiger charge is -2.22. The van der Waals surface area contributed by atoms with Gasteiger partial charge in [0.15, 0.2) is 6.20 Å². The zero-order valence-corrected chi connectivity index (χ0v) is 16.7. The van der Waals surface area contributed by atoms with Gasteiger partial charge in [-0.3, -0.25) is 0 Å². The third-order valence-electron chi connectivity index (χ3n) is 6.05. The Morgan fingerprint density at radius 1 is 0.885 bits per heavy atom. The summed E-state index contributed by atoms with van der Waals surface area (Å²) in [5.41, 5.74) is 11.2. The molecule has 1 aliphatic rings. The van der Waals surface area contributed by atoms with Gasteiger partial charge >= 0.3 is 0 Å². The molecule has 3 aromatic rings. The maximum atomic E-state index is 2.43. The fraction of sp³-hybridized carbons (Fsp3) is 0.320. The van der Waals surface area contributed by atoms with Crippen LogP contribution in [0.2, 0.25) is 0 Å². The van der Waals surface area contributed by atoms with Crippen LogP contribution < -0.4 is 4.57 Å². The highest BCUT2D eigenvalue weighted by molar-refractivity contribution is 5.92. The van der Waals surface area contributed by atoms with Gasteiger partial charge in [0.2, 0.25) is 5.69 Å². The van der Waals surface area contributed by atoms with Crippen molar-refractivity contribution in [3.63, 3.8) is 0 Å². The second-order valence-corrected chi connectivity index (χ2v) is 8.46. The van der Waals surface area contributed by atoms with E-state index in [1.54, 1.807) is 0 Å². The number of benzene rings is 2. The average Bonchev–Trinajstić information content (AvgIpc) is 2.83. The van der Waals surface area contributed by atoms with Crippen LogP contribution in [-0.4, -0.2) is 0 Å². The number of fused-ring (bicyclic) bond motifs is 3. The van der Waals surface area contributed by atoms with Gasteiger partial charge in [-0.25, -0.2) is 4.57 Å². The minimum atomic E-state index is 0.0377. The third-order valence-corrected chi connectivity index (χ3v) is 6.05. The maximum absolute atomic E-state index is 2.43. The van der Waals surface area contributed by atoms with Gasteiger partial charge in [0.25, 0.3) is 0 Å². The Labute approximate surface area is 157 Å². The highest BCUT2D eigenvalue weighted by Gasteiger charge is 2.38. The number of aromatic nitrogens is 1. The predicted molar refractivity (Wildman–Crippen MR) is 109 cm³/mol. The summed E-state index contributed by atoms with van der Waals surface area (Å²) in [4.78, 5) is 0. The summed E-state index contributed by atoms with van der Waals surface area (Å²) in [6, 6.07) is 18.2. The summed E-state index contributed by atoms with van der Waals surface area (Å²) < 4.78 is 2.24. The normalized spacial score (nSPS) is 14.4. The molecular formula is C25H28N+. The van der Waals surface area contributed by atoms with E-state index in [0.29, 0.717) is 5.92 Å². The van der Waals surface area contributed by atoms with E-state index >= 15 is 0 Å².